The third kappa shape index (κ3) is 5.21. The zero-order valence-corrected chi connectivity index (χ0v) is 15.6. The summed E-state index contributed by atoms with van der Waals surface area (Å²) in [5, 5.41) is 3.90. The van der Waals surface area contributed by atoms with Gasteiger partial charge in [0.15, 0.2) is 0 Å². The number of amides is 3. The highest BCUT2D eigenvalue weighted by molar-refractivity contribution is 6.00. The number of urea groups is 1. The maximum absolute atomic E-state index is 13.2. The summed E-state index contributed by atoms with van der Waals surface area (Å²) in [5.41, 5.74) is 7.22. The molecule has 1 aromatic carbocycles. The molecule has 1 heterocycles. The minimum atomic E-state index is -0.680. The van der Waals surface area contributed by atoms with Gasteiger partial charge in [-0.15, -0.1) is 0 Å². The summed E-state index contributed by atoms with van der Waals surface area (Å²) in [4.78, 5) is 33.1. The van der Waals surface area contributed by atoms with E-state index in [1.165, 1.54) is 12.0 Å². The third-order valence-electron chi connectivity index (χ3n) is 4.47. The van der Waals surface area contributed by atoms with Gasteiger partial charge in [-0.2, -0.15) is 0 Å². The van der Waals surface area contributed by atoms with Crippen molar-refractivity contribution in [1.29, 1.82) is 0 Å². The van der Waals surface area contributed by atoms with Gasteiger partial charge in [0.05, 0.1) is 12.3 Å². The minimum Gasteiger partial charge on any atom is -0.399 e. The van der Waals surface area contributed by atoms with E-state index < -0.39 is 11.9 Å². The van der Waals surface area contributed by atoms with Crippen molar-refractivity contribution in [1.82, 2.24) is 9.80 Å². The molecule has 1 aliphatic heterocycles. The summed E-state index contributed by atoms with van der Waals surface area (Å²) >= 11 is 0. The number of oxime groups is 1. The number of nitrogens with two attached hydrogens (primary N) is 1. The first-order valence-corrected chi connectivity index (χ1v) is 9.04. The number of primary amides is 1. The molecule has 26 heavy (non-hydrogen) atoms. The third-order valence-corrected chi connectivity index (χ3v) is 4.47. The molecule has 0 spiro atoms. The van der Waals surface area contributed by atoms with Crippen LogP contribution in [0, 0.1) is 0 Å². The predicted molar refractivity (Wildman–Crippen MR) is 101 cm³/mol. The Morgan fingerprint density at radius 2 is 2.04 bits per heavy atom. The fourth-order valence-corrected chi connectivity index (χ4v) is 3.14. The van der Waals surface area contributed by atoms with Crippen LogP contribution >= 0.6 is 0 Å². The van der Waals surface area contributed by atoms with E-state index in [1.54, 1.807) is 4.90 Å². The monoisotopic (exact) mass is 360 g/mol. The van der Waals surface area contributed by atoms with E-state index in [-0.39, 0.29) is 12.6 Å². The van der Waals surface area contributed by atoms with Crippen LogP contribution in [0.5, 0.6) is 0 Å². The fourth-order valence-electron chi connectivity index (χ4n) is 3.14. The molecule has 0 radical (unpaired) electrons. The normalized spacial score (nSPS) is 18.2. The number of likely N-dealkylation sites (tertiary alicyclic amines) is 1. The first kappa shape index (κ1) is 19.8. The fraction of sp³-hybridized carbons (Fsp3) is 0.526. The lowest BCUT2D eigenvalue weighted by Gasteiger charge is -2.30. The van der Waals surface area contributed by atoms with Gasteiger partial charge < -0.3 is 20.4 Å². The van der Waals surface area contributed by atoms with Crippen molar-refractivity contribution in [2.24, 2.45) is 10.9 Å². The number of rotatable bonds is 8. The van der Waals surface area contributed by atoms with Crippen LogP contribution in [0.3, 0.4) is 0 Å². The van der Waals surface area contributed by atoms with Gasteiger partial charge in [-0.3, -0.25) is 4.79 Å². The lowest BCUT2D eigenvalue weighted by molar-refractivity contribution is -0.121. The Kier molecular flexibility index (Phi) is 7.44. The molecule has 0 aromatic heterocycles. The van der Waals surface area contributed by atoms with Crippen molar-refractivity contribution in [2.45, 2.75) is 45.2 Å². The maximum atomic E-state index is 13.2. The molecule has 1 saturated heterocycles. The van der Waals surface area contributed by atoms with Gasteiger partial charge in [0, 0.05) is 19.5 Å². The van der Waals surface area contributed by atoms with E-state index in [2.05, 4.69) is 12.1 Å². The average Bonchev–Trinajstić information content (AvgIpc) is 3.06. The SMILES string of the molecule is CCCCCN(Cc1ccccc1)C(=O)N1CC(=NOC)CC1C(N)=O. The second kappa shape index (κ2) is 9.79. The summed E-state index contributed by atoms with van der Waals surface area (Å²) in [5.74, 6) is -0.520. The van der Waals surface area contributed by atoms with Crippen molar-refractivity contribution < 1.29 is 14.4 Å². The summed E-state index contributed by atoms with van der Waals surface area (Å²) < 4.78 is 0. The van der Waals surface area contributed by atoms with E-state index >= 15 is 0 Å². The van der Waals surface area contributed by atoms with E-state index in [0.29, 0.717) is 25.2 Å². The molecule has 7 heteroatoms. The number of nitrogens with zero attached hydrogens (tertiary/aromatic N) is 3. The summed E-state index contributed by atoms with van der Waals surface area (Å²) in [6.07, 6.45) is 3.37. The molecule has 2 N–H and O–H groups in total. The number of carbonyl (C=O) groups excluding carboxylic acids is 2. The van der Waals surface area contributed by atoms with Gasteiger partial charge in [0.25, 0.3) is 0 Å². The summed E-state index contributed by atoms with van der Waals surface area (Å²) in [6.45, 7) is 3.53. The number of carbonyl (C=O) groups is 2. The summed E-state index contributed by atoms with van der Waals surface area (Å²) in [6, 6.07) is 8.98. The zero-order valence-electron chi connectivity index (χ0n) is 15.6. The summed E-state index contributed by atoms with van der Waals surface area (Å²) in [7, 11) is 1.45. The van der Waals surface area contributed by atoms with Crippen molar-refractivity contribution in [3.8, 4) is 0 Å². The Hall–Kier alpha value is -2.57. The van der Waals surface area contributed by atoms with Crippen LogP contribution in [0.15, 0.2) is 35.5 Å². The highest BCUT2D eigenvalue weighted by Gasteiger charge is 2.38. The standard InChI is InChI=1S/C19H28N4O3/c1-3-4-8-11-22(13-15-9-6-5-7-10-15)19(25)23-14-16(21-26-2)12-17(23)18(20)24/h5-7,9-10,17H,3-4,8,11-14H2,1-2H3,(H2,20,24). The molecule has 142 valence electrons. The first-order valence-electron chi connectivity index (χ1n) is 9.04. The second-order valence-electron chi connectivity index (χ2n) is 6.49. The first-order chi connectivity index (χ1) is 12.6. The molecular formula is C19H28N4O3. The van der Waals surface area contributed by atoms with Crippen LogP contribution in [0.4, 0.5) is 4.79 Å². The van der Waals surface area contributed by atoms with Crippen molar-refractivity contribution in [2.75, 3.05) is 20.2 Å². The van der Waals surface area contributed by atoms with Crippen molar-refractivity contribution in [3.05, 3.63) is 35.9 Å². The molecule has 1 unspecified atom stereocenters. The van der Waals surface area contributed by atoms with Crippen LogP contribution < -0.4 is 5.73 Å². The molecule has 0 saturated carbocycles. The number of benzene rings is 1. The van der Waals surface area contributed by atoms with E-state index in [9.17, 15) is 9.59 Å². The molecule has 1 aromatic rings. The molecule has 1 fully saturated rings. The Balaban J connectivity index is 2.17. The second-order valence-corrected chi connectivity index (χ2v) is 6.49. The van der Waals surface area contributed by atoms with Crippen LogP contribution in [-0.2, 0) is 16.2 Å². The lowest BCUT2D eigenvalue weighted by Crippen LogP contribution is -2.49. The maximum Gasteiger partial charge on any atom is 0.321 e. The minimum absolute atomic E-state index is 0.185. The van der Waals surface area contributed by atoms with Gasteiger partial charge in [-0.05, 0) is 12.0 Å². The van der Waals surface area contributed by atoms with Crippen LogP contribution in [-0.4, -0.2) is 53.7 Å². The van der Waals surface area contributed by atoms with Crippen LogP contribution in [0.2, 0.25) is 0 Å². The Bertz CT molecular complexity index is 633. The number of hydrogen-bond acceptors (Lipinski definition) is 4. The highest BCUT2D eigenvalue weighted by atomic mass is 16.6. The van der Waals surface area contributed by atoms with Gasteiger partial charge >= 0.3 is 6.03 Å². The van der Waals surface area contributed by atoms with E-state index in [0.717, 1.165) is 24.8 Å². The molecule has 1 atom stereocenters. The molecular weight excluding hydrogens is 332 g/mol. The molecule has 0 bridgehead atoms. The predicted octanol–water partition coefficient (Wildman–Crippen LogP) is 2.36. The zero-order chi connectivity index (χ0) is 18.9. The molecule has 7 nitrogen and oxygen atoms in total. The average molecular weight is 360 g/mol. The van der Waals surface area contributed by atoms with Crippen molar-refractivity contribution in [3.63, 3.8) is 0 Å². The molecule has 2 rings (SSSR count). The van der Waals surface area contributed by atoms with Crippen LogP contribution in [0.25, 0.3) is 0 Å². The Morgan fingerprint density at radius 3 is 2.65 bits per heavy atom. The van der Waals surface area contributed by atoms with Crippen LogP contribution in [0.1, 0.15) is 38.2 Å². The largest absolute Gasteiger partial charge is 0.399 e. The van der Waals surface area contributed by atoms with E-state index in [4.69, 9.17) is 10.6 Å². The van der Waals surface area contributed by atoms with Gasteiger partial charge in [0.1, 0.15) is 13.2 Å². The van der Waals surface area contributed by atoms with E-state index in [1.807, 2.05) is 30.3 Å². The number of unbranched alkanes of at least 4 members (excludes halogenated alkanes) is 2. The smallest absolute Gasteiger partial charge is 0.321 e. The van der Waals surface area contributed by atoms with Gasteiger partial charge in [0.2, 0.25) is 5.91 Å². The molecule has 1 aliphatic rings. The highest BCUT2D eigenvalue weighted by Crippen LogP contribution is 2.19. The lowest BCUT2D eigenvalue weighted by atomic mass is 10.2. The topological polar surface area (TPSA) is 88.2 Å². The molecule has 3 amide bonds. The molecule has 0 aliphatic carbocycles. The van der Waals surface area contributed by atoms with Crippen molar-refractivity contribution >= 4 is 17.6 Å². The Labute approximate surface area is 154 Å². The Morgan fingerprint density at radius 1 is 1.31 bits per heavy atom. The van der Waals surface area contributed by atoms with Gasteiger partial charge in [-0.1, -0.05) is 55.3 Å². The van der Waals surface area contributed by atoms with Gasteiger partial charge in [-0.25, -0.2) is 4.79 Å². The number of hydrogen-bond donors (Lipinski definition) is 1. The quantitative estimate of drug-likeness (QED) is 0.570.